The van der Waals surface area contributed by atoms with Crippen molar-refractivity contribution in [1.82, 2.24) is 9.88 Å². The Balaban J connectivity index is 1.97. The minimum atomic E-state index is -0.369. The molecule has 4 nitrogen and oxygen atoms in total. The maximum atomic E-state index is 13.8. The van der Waals surface area contributed by atoms with E-state index in [2.05, 4.69) is 16.6 Å². The molecule has 120 valence electrons. The number of amidine groups is 1. The standard InChI is InChI=1S/C18H14FN3OS/c1-2-10-22-17(23)16(11-13-6-3-4-8-15(13)19)24-18(22)21-14-7-5-9-20-12-14/h2-9,11-12H,1,10H2/b16-11-,21-18?. The summed E-state index contributed by atoms with van der Waals surface area (Å²) < 4.78 is 13.8. The van der Waals surface area contributed by atoms with Gasteiger partial charge >= 0.3 is 0 Å². The van der Waals surface area contributed by atoms with E-state index in [-0.39, 0.29) is 11.7 Å². The third-order valence-electron chi connectivity index (χ3n) is 3.26. The molecule has 24 heavy (non-hydrogen) atoms. The zero-order valence-corrected chi connectivity index (χ0v) is 13.5. The molecule has 0 spiro atoms. The quantitative estimate of drug-likeness (QED) is 0.624. The fourth-order valence-electron chi connectivity index (χ4n) is 2.15. The molecule has 0 radical (unpaired) electrons. The van der Waals surface area contributed by atoms with E-state index in [1.54, 1.807) is 54.9 Å². The average Bonchev–Trinajstić information content (AvgIpc) is 2.87. The lowest BCUT2D eigenvalue weighted by atomic mass is 10.2. The van der Waals surface area contributed by atoms with E-state index in [0.29, 0.717) is 27.9 Å². The van der Waals surface area contributed by atoms with Crippen molar-refractivity contribution in [2.75, 3.05) is 6.54 Å². The highest BCUT2D eigenvalue weighted by Crippen LogP contribution is 2.34. The largest absolute Gasteiger partial charge is 0.283 e. The number of nitrogens with zero attached hydrogens (tertiary/aromatic N) is 3. The summed E-state index contributed by atoms with van der Waals surface area (Å²) in [5.41, 5.74) is 1.02. The minimum Gasteiger partial charge on any atom is -0.283 e. The summed E-state index contributed by atoms with van der Waals surface area (Å²) in [7, 11) is 0. The van der Waals surface area contributed by atoms with Gasteiger partial charge in [0.1, 0.15) is 5.82 Å². The lowest BCUT2D eigenvalue weighted by Gasteiger charge is -2.12. The van der Waals surface area contributed by atoms with Crippen LogP contribution in [0, 0.1) is 5.82 Å². The van der Waals surface area contributed by atoms with Crippen LogP contribution in [0.25, 0.3) is 6.08 Å². The highest BCUT2D eigenvalue weighted by Gasteiger charge is 2.32. The molecule has 1 amide bonds. The number of halogens is 1. The number of aliphatic imine (C=N–C) groups is 1. The third-order valence-corrected chi connectivity index (χ3v) is 4.27. The molecule has 0 saturated carbocycles. The number of benzene rings is 1. The third kappa shape index (κ3) is 3.44. The van der Waals surface area contributed by atoms with E-state index in [1.165, 1.54) is 22.7 Å². The first-order valence-corrected chi connectivity index (χ1v) is 8.06. The molecule has 2 heterocycles. The monoisotopic (exact) mass is 339 g/mol. The normalized spacial score (nSPS) is 17.7. The summed E-state index contributed by atoms with van der Waals surface area (Å²) in [5, 5.41) is 0.524. The molecule has 0 aliphatic carbocycles. The Morgan fingerprint density at radius 1 is 1.29 bits per heavy atom. The highest BCUT2D eigenvalue weighted by atomic mass is 32.2. The summed E-state index contributed by atoms with van der Waals surface area (Å²) in [6, 6.07) is 9.91. The number of hydrogen-bond acceptors (Lipinski definition) is 4. The van der Waals surface area contributed by atoms with Gasteiger partial charge in [-0.3, -0.25) is 14.7 Å². The Morgan fingerprint density at radius 2 is 2.12 bits per heavy atom. The molecule has 0 atom stereocenters. The van der Waals surface area contributed by atoms with Gasteiger partial charge in [0.15, 0.2) is 5.17 Å². The van der Waals surface area contributed by atoms with Crippen LogP contribution in [0.1, 0.15) is 5.56 Å². The second kappa shape index (κ2) is 7.23. The van der Waals surface area contributed by atoms with Crippen LogP contribution in [0.15, 0.2) is 71.3 Å². The fraction of sp³-hybridized carbons (Fsp3) is 0.0556. The van der Waals surface area contributed by atoms with Gasteiger partial charge in [-0.1, -0.05) is 24.3 Å². The van der Waals surface area contributed by atoms with E-state index >= 15 is 0 Å². The van der Waals surface area contributed by atoms with Gasteiger partial charge in [-0.25, -0.2) is 9.38 Å². The number of carbonyl (C=O) groups excluding carboxylic acids is 1. The van der Waals surface area contributed by atoms with Crippen molar-refractivity contribution in [3.63, 3.8) is 0 Å². The number of thioether (sulfide) groups is 1. The fourth-order valence-corrected chi connectivity index (χ4v) is 3.14. The molecule has 1 aliphatic heterocycles. The van der Waals surface area contributed by atoms with Crippen molar-refractivity contribution in [2.24, 2.45) is 4.99 Å². The van der Waals surface area contributed by atoms with Crippen LogP contribution < -0.4 is 0 Å². The lowest BCUT2D eigenvalue weighted by Crippen LogP contribution is -2.29. The Labute approximate surface area is 143 Å². The van der Waals surface area contributed by atoms with Crippen LogP contribution in [-0.4, -0.2) is 27.5 Å². The van der Waals surface area contributed by atoms with Gasteiger partial charge in [-0.05, 0) is 36.0 Å². The van der Waals surface area contributed by atoms with E-state index in [1.807, 2.05) is 0 Å². The predicted octanol–water partition coefficient (Wildman–Crippen LogP) is 4.01. The smallest absolute Gasteiger partial charge is 0.267 e. The van der Waals surface area contributed by atoms with Crippen LogP contribution in [0.3, 0.4) is 0 Å². The first-order valence-electron chi connectivity index (χ1n) is 7.24. The number of amides is 1. The molecule has 1 saturated heterocycles. The predicted molar refractivity (Wildman–Crippen MR) is 95.2 cm³/mol. The van der Waals surface area contributed by atoms with Gasteiger partial charge in [-0.15, -0.1) is 6.58 Å². The maximum Gasteiger partial charge on any atom is 0.267 e. The Morgan fingerprint density at radius 3 is 2.83 bits per heavy atom. The van der Waals surface area contributed by atoms with E-state index in [9.17, 15) is 9.18 Å². The average molecular weight is 339 g/mol. The van der Waals surface area contributed by atoms with Crippen molar-refractivity contribution in [3.05, 3.63) is 77.7 Å². The molecule has 0 unspecified atom stereocenters. The number of hydrogen-bond donors (Lipinski definition) is 0. The molecule has 6 heteroatoms. The highest BCUT2D eigenvalue weighted by molar-refractivity contribution is 8.18. The number of aromatic nitrogens is 1. The summed E-state index contributed by atoms with van der Waals surface area (Å²) in [6.45, 7) is 4.01. The van der Waals surface area contributed by atoms with Gasteiger partial charge < -0.3 is 0 Å². The summed E-state index contributed by atoms with van der Waals surface area (Å²) in [4.78, 5) is 23.0. The molecule has 0 N–H and O–H groups in total. The van der Waals surface area contributed by atoms with Crippen LogP contribution in [0.2, 0.25) is 0 Å². The second-order valence-corrected chi connectivity index (χ2v) is 5.95. The van der Waals surface area contributed by atoms with Crippen LogP contribution in [-0.2, 0) is 4.79 Å². The topological polar surface area (TPSA) is 45.6 Å². The molecule has 0 bridgehead atoms. The molecule has 1 aromatic carbocycles. The first kappa shape index (κ1) is 16.1. The van der Waals surface area contributed by atoms with Gasteiger partial charge in [0, 0.05) is 18.3 Å². The van der Waals surface area contributed by atoms with Crippen molar-refractivity contribution >= 4 is 34.6 Å². The summed E-state index contributed by atoms with van der Waals surface area (Å²) >= 11 is 1.21. The van der Waals surface area contributed by atoms with Crippen LogP contribution in [0.4, 0.5) is 10.1 Å². The molecule has 1 aliphatic rings. The number of rotatable bonds is 4. The van der Waals surface area contributed by atoms with Crippen molar-refractivity contribution in [1.29, 1.82) is 0 Å². The molecule has 1 fully saturated rings. The van der Waals surface area contributed by atoms with Crippen molar-refractivity contribution in [3.8, 4) is 0 Å². The minimum absolute atomic E-state index is 0.217. The van der Waals surface area contributed by atoms with Gasteiger partial charge in [-0.2, -0.15) is 0 Å². The molecular formula is C18H14FN3OS. The van der Waals surface area contributed by atoms with Crippen molar-refractivity contribution < 1.29 is 9.18 Å². The Kier molecular flexibility index (Phi) is 4.86. The lowest BCUT2D eigenvalue weighted by molar-refractivity contribution is -0.121. The van der Waals surface area contributed by atoms with Gasteiger partial charge in [0.2, 0.25) is 0 Å². The van der Waals surface area contributed by atoms with Crippen molar-refractivity contribution in [2.45, 2.75) is 0 Å². The zero-order valence-electron chi connectivity index (χ0n) is 12.7. The Bertz CT molecular complexity index is 833. The van der Waals surface area contributed by atoms with E-state index < -0.39 is 0 Å². The first-order chi connectivity index (χ1) is 11.7. The van der Waals surface area contributed by atoms with Gasteiger partial charge in [0.25, 0.3) is 5.91 Å². The van der Waals surface area contributed by atoms with E-state index in [0.717, 1.165) is 0 Å². The van der Waals surface area contributed by atoms with Gasteiger partial charge in [0.05, 0.1) is 16.8 Å². The van der Waals surface area contributed by atoms with Crippen LogP contribution >= 0.6 is 11.8 Å². The second-order valence-electron chi connectivity index (χ2n) is 4.94. The molecular weight excluding hydrogens is 325 g/mol. The summed E-state index contributed by atoms with van der Waals surface area (Å²) in [5.74, 6) is -0.586. The molecule has 1 aromatic heterocycles. The molecule has 3 rings (SSSR count). The SMILES string of the molecule is C=CCN1C(=O)/C(=C/c2ccccc2F)SC1=Nc1cccnc1. The zero-order chi connectivity index (χ0) is 16.9. The Hall–Kier alpha value is -2.73. The van der Waals surface area contributed by atoms with E-state index in [4.69, 9.17) is 0 Å². The molecule has 2 aromatic rings. The number of pyridine rings is 1. The maximum absolute atomic E-state index is 13.8. The van der Waals surface area contributed by atoms with Crippen LogP contribution in [0.5, 0.6) is 0 Å². The summed E-state index contributed by atoms with van der Waals surface area (Å²) in [6.07, 6.45) is 6.44. The number of carbonyl (C=O) groups is 1.